The molecule has 1 amide bonds. The van der Waals surface area contributed by atoms with Crippen molar-refractivity contribution in [3.05, 3.63) is 52.9 Å². The first-order valence-electron chi connectivity index (χ1n) is 8.29. The first kappa shape index (κ1) is 16.4. The van der Waals surface area contributed by atoms with Gasteiger partial charge >= 0.3 is 0 Å². The quantitative estimate of drug-likeness (QED) is 0.657. The molecule has 1 unspecified atom stereocenters. The van der Waals surface area contributed by atoms with Crippen LogP contribution in [0.15, 0.2) is 28.8 Å². The third kappa shape index (κ3) is 3.08. The van der Waals surface area contributed by atoms with Crippen LogP contribution in [0.3, 0.4) is 0 Å². The predicted molar refractivity (Wildman–Crippen MR) is 89.6 cm³/mol. The van der Waals surface area contributed by atoms with E-state index in [1.165, 1.54) is 12.1 Å². The highest BCUT2D eigenvalue weighted by Crippen LogP contribution is 2.20. The average molecular weight is 356 g/mol. The van der Waals surface area contributed by atoms with Crippen LogP contribution in [0, 0.1) is 5.82 Å². The Morgan fingerprint density at radius 2 is 2.31 bits per heavy atom. The molecule has 3 N–H and O–H groups in total. The van der Waals surface area contributed by atoms with Gasteiger partial charge in [0.25, 0.3) is 5.91 Å². The number of aromatic nitrogens is 4. The van der Waals surface area contributed by atoms with Crippen molar-refractivity contribution >= 4 is 5.91 Å². The number of hydrogen-bond acceptors (Lipinski definition) is 6. The van der Waals surface area contributed by atoms with E-state index in [1.54, 1.807) is 19.1 Å². The monoisotopic (exact) mass is 356 g/mol. The second-order valence-electron chi connectivity index (χ2n) is 6.12. The van der Waals surface area contributed by atoms with Crippen LogP contribution >= 0.6 is 0 Å². The number of carbonyl (C=O) groups excluding carboxylic acids is 1. The van der Waals surface area contributed by atoms with Crippen LogP contribution in [0.5, 0.6) is 0 Å². The molecule has 3 aromatic rings. The SMILES string of the molecule is CC(NC(=O)c1n[nH]c2c1CNCC2)c1nc(-c2cccc(F)c2)no1. The van der Waals surface area contributed by atoms with Crippen LogP contribution in [0.1, 0.15) is 40.6 Å². The Morgan fingerprint density at radius 1 is 1.42 bits per heavy atom. The molecule has 0 spiro atoms. The van der Waals surface area contributed by atoms with Gasteiger partial charge in [-0.15, -0.1) is 0 Å². The molecular formula is C17H17FN6O2. The Labute approximate surface area is 148 Å². The van der Waals surface area contributed by atoms with Crippen LogP contribution in [0.2, 0.25) is 0 Å². The molecule has 0 saturated heterocycles. The number of nitrogens with zero attached hydrogens (tertiary/aromatic N) is 3. The molecule has 3 heterocycles. The summed E-state index contributed by atoms with van der Waals surface area (Å²) < 4.78 is 18.5. The van der Waals surface area contributed by atoms with E-state index in [-0.39, 0.29) is 23.4 Å². The lowest BCUT2D eigenvalue weighted by Gasteiger charge is -2.13. The maximum absolute atomic E-state index is 13.3. The van der Waals surface area contributed by atoms with E-state index in [9.17, 15) is 9.18 Å². The molecule has 1 aromatic carbocycles. The van der Waals surface area contributed by atoms with Crippen molar-refractivity contribution in [3.8, 4) is 11.4 Å². The summed E-state index contributed by atoms with van der Waals surface area (Å²) in [4.78, 5) is 16.8. The highest BCUT2D eigenvalue weighted by molar-refractivity contribution is 5.94. The van der Waals surface area contributed by atoms with Crippen molar-refractivity contribution in [1.29, 1.82) is 0 Å². The van der Waals surface area contributed by atoms with E-state index in [2.05, 4.69) is 31.0 Å². The van der Waals surface area contributed by atoms with E-state index in [1.807, 2.05) is 0 Å². The normalized spacial score (nSPS) is 14.7. The molecule has 26 heavy (non-hydrogen) atoms. The van der Waals surface area contributed by atoms with Crippen LogP contribution in [0.4, 0.5) is 4.39 Å². The van der Waals surface area contributed by atoms with Gasteiger partial charge in [0.15, 0.2) is 5.69 Å². The third-order valence-electron chi connectivity index (χ3n) is 4.26. The second kappa shape index (κ2) is 6.68. The fourth-order valence-corrected chi connectivity index (χ4v) is 2.90. The van der Waals surface area contributed by atoms with Gasteiger partial charge in [0.05, 0.1) is 0 Å². The van der Waals surface area contributed by atoms with Gasteiger partial charge in [-0.1, -0.05) is 17.3 Å². The summed E-state index contributed by atoms with van der Waals surface area (Å²) in [7, 11) is 0. The van der Waals surface area contributed by atoms with E-state index in [0.717, 1.165) is 24.2 Å². The third-order valence-corrected chi connectivity index (χ3v) is 4.26. The summed E-state index contributed by atoms with van der Waals surface area (Å²) in [6.07, 6.45) is 0.811. The number of benzene rings is 1. The number of hydrogen-bond donors (Lipinski definition) is 3. The first-order chi connectivity index (χ1) is 12.6. The van der Waals surface area contributed by atoms with Crippen LogP contribution < -0.4 is 10.6 Å². The molecule has 4 rings (SSSR count). The Hall–Kier alpha value is -3.07. The Morgan fingerprint density at radius 3 is 3.15 bits per heavy atom. The number of carbonyl (C=O) groups is 1. The molecular weight excluding hydrogens is 339 g/mol. The lowest BCUT2D eigenvalue weighted by molar-refractivity contribution is 0.0926. The van der Waals surface area contributed by atoms with E-state index in [4.69, 9.17) is 4.52 Å². The molecule has 1 atom stereocenters. The Kier molecular flexibility index (Phi) is 4.21. The van der Waals surface area contributed by atoms with E-state index >= 15 is 0 Å². The molecule has 134 valence electrons. The molecule has 2 aromatic heterocycles. The number of halogens is 1. The van der Waals surface area contributed by atoms with Crippen molar-refractivity contribution in [2.75, 3.05) is 6.54 Å². The number of aromatic amines is 1. The van der Waals surface area contributed by atoms with Crippen molar-refractivity contribution in [1.82, 2.24) is 31.0 Å². The van der Waals surface area contributed by atoms with Gasteiger partial charge in [-0.25, -0.2) is 4.39 Å². The Balaban J connectivity index is 1.49. The summed E-state index contributed by atoms with van der Waals surface area (Å²) in [5.74, 6) is -0.196. The number of H-pyrrole nitrogens is 1. The number of amides is 1. The smallest absolute Gasteiger partial charge is 0.272 e. The fraction of sp³-hybridized carbons (Fsp3) is 0.294. The molecule has 0 saturated carbocycles. The molecule has 0 aliphatic carbocycles. The number of rotatable bonds is 4. The Bertz CT molecular complexity index is 950. The molecule has 8 nitrogen and oxygen atoms in total. The largest absolute Gasteiger partial charge is 0.339 e. The maximum Gasteiger partial charge on any atom is 0.272 e. The highest BCUT2D eigenvalue weighted by Gasteiger charge is 2.24. The summed E-state index contributed by atoms with van der Waals surface area (Å²) in [6, 6.07) is 5.40. The first-order valence-corrected chi connectivity index (χ1v) is 8.29. The zero-order valence-corrected chi connectivity index (χ0v) is 14.0. The van der Waals surface area contributed by atoms with Crippen LogP contribution in [-0.4, -0.2) is 32.8 Å². The standard InChI is InChI=1S/C17H17FN6O2/c1-9(17-21-15(24-26-17)10-3-2-4-11(18)7-10)20-16(25)14-12-8-19-6-5-13(12)22-23-14/h2-4,7,9,19H,5-6,8H2,1H3,(H,20,25)(H,22,23). The van der Waals surface area contributed by atoms with Gasteiger partial charge in [0, 0.05) is 36.3 Å². The lowest BCUT2D eigenvalue weighted by Crippen LogP contribution is -2.30. The molecule has 0 radical (unpaired) electrons. The summed E-state index contributed by atoms with van der Waals surface area (Å²) in [5.41, 5.74) is 2.73. The minimum Gasteiger partial charge on any atom is -0.339 e. The topological polar surface area (TPSA) is 109 Å². The van der Waals surface area contributed by atoms with Crippen molar-refractivity contribution < 1.29 is 13.7 Å². The second-order valence-corrected chi connectivity index (χ2v) is 6.12. The van der Waals surface area contributed by atoms with E-state index in [0.29, 0.717) is 17.8 Å². The van der Waals surface area contributed by atoms with Gasteiger partial charge in [-0.2, -0.15) is 10.1 Å². The van der Waals surface area contributed by atoms with Gasteiger partial charge < -0.3 is 15.2 Å². The van der Waals surface area contributed by atoms with Crippen molar-refractivity contribution in [3.63, 3.8) is 0 Å². The average Bonchev–Trinajstić information content (AvgIpc) is 3.29. The van der Waals surface area contributed by atoms with Crippen molar-refractivity contribution in [2.45, 2.75) is 25.9 Å². The zero-order chi connectivity index (χ0) is 18.1. The molecule has 1 aliphatic heterocycles. The zero-order valence-electron chi connectivity index (χ0n) is 14.0. The summed E-state index contributed by atoms with van der Waals surface area (Å²) >= 11 is 0. The van der Waals surface area contributed by atoms with Gasteiger partial charge in [0.1, 0.15) is 11.9 Å². The van der Waals surface area contributed by atoms with Crippen LogP contribution in [0.25, 0.3) is 11.4 Å². The van der Waals surface area contributed by atoms with E-state index < -0.39 is 6.04 Å². The van der Waals surface area contributed by atoms with Gasteiger partial charge in [0.2, 0.25) is 11.7 Å². The lowest BCUT2D eigenvalue weighted by atomic mass is 10.1. The summed E-state index contributed by atoms with van der Waals surface area (Å²) in [5, 5.41) is 16.9. The minimum atomic E-state index is -0.513. The fourth-order valence-electron chi connectivity index (χ4n) is 2.90. The maximum atomic E-state index is 13.3. The minimum absolute atomic E-state index is 0.236. The number of fused-ring (bicyclic) bond motifs is 1. The molecule has 1 aliphatic rings. The molecule has 0 fully saturated rings. The number of nitrogens with one attached hydrogen (secondary N) is 3. The predicted octanol–water partition coefficient (Wildman–Crippen LogP) is 1.74. The highest BCUT2D eigenvalue weighted by atomic mass is 19.1. The molecule has 9 heteroatoms. The van der Waals surface area contributed by atoms with Gasteiger partial charge in [-0.3, -0.25) is 9.89 Å². The van der Waals surface area contributed by atoms with Crippen LogP contribution in [-0.2, 0) is 13.0 Å². The van der Waals surface area contributed by atoms with Gasteiger partial charge in [-0.05, 0) is 19.1 Å². The molecule has 0 bridgehead atoms. The summed E-state index contributed by atoms with van der Waals surface area (Å²) in [6.45, 7) is 3.20. The van der Waals surface area contributed by atoms with Crippen molar-refractivity contribution in [2.24, 2.45) is 0 Å².